The summed E-state index contributed by atoms with van der Waals surface area (Å²) in [5, 5.41) is 6.21. The van der Waals surface area contributed by atoms with E-state index in [4.69, 9.17) is 0 Å². The fourth-order valence-electron chi connectivity index (χ4n) is 1.77. The van der Waals surface area contributed by atoms with E-state index >= 15 is 0 Å². The van der Waals surface area contributed by atoms with E-state index in [2.05, 4.69) is 81.6 Å². The highest BCUT2D eigenvalue weighted by Crippen LogP contribution is 2.27. The largest absolute Gasteiger partial charge is 0.357 e. The summed E-state index contributed by atoms with van der Waals surface area (Å²) < 4.78 is 0.830. The molecule has 0 aliphatic carbocycles. The van der Waals surface area contributed by atoms with Crippen molar-refractivity contribution in [2.75, 3.05) is 17.7 Å². The Morgan fingerprint density at radius 1 is 1.10 bits per heavy atom. The quantitative estimate of drug-likeness (QED) is 0.877. The van der Waals surface area contributed by atoms with E-state index in [1.807, 2.05) is 0 Å². The fraction of sp³-hybridized carbons (Fsp3) is 0.333. The van der Waals surface area contributed by atoms with Gasteiger partial charge in [-0.1, -0.05) is 32.9 Å². The van der Waals surface area contributed by atoms with Gasteiger partial charge in [-0.3, -0.25) is 0 Å². The third-order valence-electron chi connectivity index (χ3n) is 2.98. The first-order chi connectivity index (χ1) is 9.40. The maximum atomic E-state index is 4.38. The molecule has 0 saturated heterocycles. The molecule has 2 aromatic rings. The number of benzene rings is 1. The summed E-state index contributed by atoms with van der Waals surface area (Å²) in [4.78, 5) is 8.51. The zero-order valence-corrected chi connectivity index (χ0v) is 13.7. The second kappa shape index (κ2) is 5.79. The minimum Gasteiger partial charge on any atom is -0.357 e. The summed E-state index contributed by atoms with van der Waals surface area (Å²) in [6, 6.07) is 8.40. The van der Waals surface area contributed by atoms with Crippen LogP contribution in [0.2, 0.25) is 0 Å². The van der Waals surface area contributed by atoms with Crippen molar-refractivity contribution in [1.82, 2.24) is 9.97 Å². The molecular weight excluding hydrogens is 316 g/mol. The molecule has 4 nitrogen and oxygen atoms in total. The lowest BCUT2D eigenvalue weighted by Gasteiger charge is -2.19. The van der Waals surface area contributed by atoms with E-state index in [1.165, 1.54) is 5.56 Å². The molecule has 0 fully saturated rings. The van der Waals surface area contributed by atoms with Crippen molar-refractivity contribution in [2.24, 2.45) is 0 Å². The SMILES string of the molecule is CNc1ncc(Br)c(Nc2ccc(C(C)(C)C)cc2)n1. The van der Waals surface area contributed by atoms with E-state index in [1.54, 1.807) is 13.2 Å². The second-order valence-electron chi connectivity index (χ2n) is 5.59. The first kappa shape index (κ1) is 14.8. The number of rotatable bonds is 3. The van der Waals surface area contributed by atoms with Crippen molar-refractivity contribution in [3.05, 3.63) is 40.5 Å². The van der Waals surface area contributed by atoms with Crippen molar-refractivity contribution in [2.45, 2.75) is 26.2 Å². The van der Waals surface area contributed by atoms with Crippen molar-refractivity contribution in [1.29, 1.82) is 0 Å². The van der Waals surface area contributed by atoms with Gasteiger partial charge < -0.3 is 10.6 Å². The molecule has 0 unspecified atom stereocenters. The molecule has 0 radical (unpaired) electrons. The van der Waals surface area contributed by atoms with Gasteiger partial charge >= 0.3 is 0 Å². The number of aromatic nitrogens is 2. The highest BCUT2D eigenvalue weighted by atomic mass is 79.9. The van der Waals surface area contributed by atoms with Gasteiger partial charge in [-0.05, 0) is 39.0 Å². The molecule has 5 heteroatoms. The van der Waals surface area contributed by atoms with Crippen LogP contribution in [0.25, 0.3) is 0 Å². The molecule has 0 atom stereocenters. The summed E-state index contributed by atoms with van der Waals surface area (Å²) >= 11 is 3.45. The number of hydrogen-bond donors (Lipinski definition) is 2. The summed E-state index contributed by atoms with van der Waals surface area (Å²) in [6.07, 6.45) is 1.73. The molecule has 20 heavy (non-hydrogen) atoms. The van der Waals surface area contributed by atoms with E-state index in [0.717, 1.165) is 16.0 Å². The summed E-state index contributed by atoms with van der Waals surface area (Å²) in [5.41, 5.74) is 2.47. The van der Waals surface area contributed by atoms with Crippen LogP contribution in [0.4, 0.5) is 17.5 Å². The third-order valence-corrected chi connectivity index (χ3v) is 3.56. The molecule has 0 bridgehead atoms. The molecule has 2 rings (SSSR count). The molecular formula is C15H19BrN4. The van der Waals surface area contributed by atoms with Crippen LogP contribution >= 0.6 is 15.9 Å². The Kier molecular flexibility index (Phi) is 4.28. The molecule has 1 aromatic carbocycles. The predicted molar refractivity (Wildman–Crippen MR) is 87.7 cm³/mol. The van der Waals surface area contributed by atoms with Crippen molar-refractivity contribution in [3.63, 3.8) is 0 Å². The topological polar surface area (TPSA) is 49.8 Å². The van der Waals surface area contributed by atoms with Crippen molar-refractivity contribution >= 4 is 33.4 Å². The maximum Gasteiger partial charge on any atom is 0.224 e. The van der Waals surface area contributed by atoms with Crippen LogP contribution in [-0.4, -0.2) is 17.0 Å². The maximum absolute atomic E-state index is 4.38. The van der Waals surface area contributed by atoms with Gasteiger partial charge in [-0.2, -0.15) is 4.98 Å². The van der Waals surface area contributed by atoms with Crippen LogP contribution in [0.15, 0.2) is 34.9 Å². The predicted octanol–water partition coefficient (Wildman–Crippen LogP) is 4.32. The second-order valence-corrected chi connectivity index (χ2v) is 6.45. The normalized spacial score (nSPS) is 11.2. The van der Waals surface area contributed by atoms with Crippen molar-refractivity contribution in [3.8, 4) is 0 Å². The zero-order chi connectivity index (χ0) is 14.8. The fourth-order valence-corrected chi connectivity index (χ4v) is 2.06. The van der Waals surface area contributed by atoms with Gasteiger partial charge in [-0.15, -0.1) is 0 Å². The molecule has 0 spiro atoms. The smallest absolute Gasteiger partial charge is 0.224 e. The molecule has 1 aromatic heterocycles. The minimum atomic E-state index is 0.160. The summed E-state index contributed by atoms with van der Waals surface area (Å²) in [5.74, 6) is 1.33. The number of nitrogens with zero attached hydrogens (tertiary/aromatic N) is 2. The van der Waals surface area contributed by atoms with Crippen LogP contribution in [-0.2, 0) is 5.41 Å². The highest BCUT2D eigenvalue weighted by Gasteiger charge is 2.13. The van der Waals surface area contributed by atoms with Gasteiger partial charge in [0.25, 0.3) is 0 Å². The molecule has 0 aliphatic heterocycles. The highest BCUT2D eigenvalue weighted by molar-refractivity contribution is 9.10. The van der Waals surface area contributed by atoms with Gasteiger partial charge in [0, 0.05) is 18.9 Å². The number of nitrogens with one attached hydrogen (secondary N) is 2. The molecule has 0 amide bonds. The number of hydrogen-bond acceptors (Lipinski definition) is 4. The Balaban J connectivity index is 2.22. The van der Waals surface area contributed by atoms with Crippen LogP contribution < -0.4 is 10.6 Å². The van der Waals surface area contributed by atoms with Crippen LogP contribution in [0.3, 0.4) is 0 Å². The van der Waals surface area contributed by atoms with Crippen LogP contribution in [0, 0.1) is 0 Å². The molecule has 106 valence electrons. The summed E-state index contributed by atoms with van der Waals surface area (Å²) in [6.45, 7) is 6.61. The standard InChI is InChI=1S/C15H19BrN4/c1-15(2,3)10-5-7-11(8-6-10)19-13-12(16)9-18-14(17-4)20-13/h5-9H,1-4H3,(H2,17,18,19,20). The Morgan fingerprint density at radius 2 is 1.75 bits per heavy atom. The van der Waals surface area contributed by atoms with Gasteiger partial charge in [0.1, 0.15) is 5.82 Å². The Labute approximate surface area is 128 Å². The van der Waals surface area contributed by atoms with E-state index in [9.17, 15) is 0 Å². The lowest BCUT2D eigenvalue weighted by molar-refractivity contribution is 0.590. The van der Waals surface area contributed by atoms with Crippen LogP contribution in [0.5, 0.6) is 0 Å². The average molecular weight is 335 g/mol. The van der Waals surface area contributed by atoms with E-state index in [0.29, 0.717) is 5.95 Å². The first-order valence-corrected chi connectivity index (χ1v) is 7.27. The molecule has 0 saturated carbocycles. The van der Waals surface area contributed by atoms with Gasteiger partial charge in [-0.25, -0.2) is 4.98 Å². The Bertz CT molecular complexity index is 588. The number of halogens is 1. The van der Waals surface area contributed by atoms with Gasteiger partial charge in [0.05, 0.1) is 4.47 Å². The van der Waals surface area contributed by atoms with Gasteiger partial charge in [0.2, 0.25) is 5.95 Å². The van der Waals surface area contributed by atoms with E-state index in [-0.39, 0.29) is 5.41 Å². The molecule has 1 heterocycles. The van der Waals surface area contributed by atoms with Crippen molar-refractivity contribution < 1.29 is 0 Å². The zero-order valence-electron chi connectivity index (χ0n) is 12.2. The Morgan fingerprint density at radius 3 is 2.30 bits per heavy atom. The molecule has 0 aliphatic rings. The lowest BCUT2D eigenvalue weighted by Crippen LogP contribution is -2.10. The third kappa shape index (κ3) is 3.48. The van der Waals surface area contributed by atoms with Crippen LogP contribution in [0.1, 0.15) is 26.3 Å². The van der Waals surface area contributed by atoms with Gasteiger partial charge in [0.15, 0.2) is 0 Å². The molecule has 2 N–H and O–H groups in total. The number of anilines is 3. The Hall–Kier alpha value is -1.62. The van der Waals surface area contributed by atoms with E-state index < -0.39 is 0 Å². The average Bonchev–Trinajstić information content (AvgIpc) is 2.41. The monoisotopic (exact) mass is 334 g/mol. The first-order valence-electron chi connectivity index (χ1n) is 6.48. The summed E-state index contributed by atoms with van der Waals surface area (Å²) in [7, 11) is 1.80. The lowest BCUT2D eigenvalue weighted by atomic mass is 9.87. The minimum absolute atomic E-state index is 0.160.